The van der Waals surface area contributed by atoms with Gasteiger partial charge in [0.2, 0.25) is 15.2 Å². The number of amides is 1. The standard InChI is InChI=1S/C23H24FN5O3S2/c1-4-5-13-28(3)34(31,32)17-11-9-16(10-12-17)22(30)25-20-14-15(2)27-29(20)23-26-21-18(24)7-6-8-19(21)33-23/h6-12,14H,4-5,13H2,1-3H3,(H,25,30). The Kier molecular flexibility index (Phi) is 6.78. The molecule has 2 heterocycles. The van der Waals surface area contributed by atoms with E-state index in [0.29, 0.717) is 27.9 Å². The molecule has 0 aliphatic heterocycles. The second kappa shape index (κ2) is 9.61. The summed E-state index contributed by atoms with van der Waals surface area (Å²) in [5, 5.41) is 7.59. The number of unbranched alkanes of at least 4 members (excludes halogenated alkanes) is 1. The first-order valence-corrected chi connectivity index (χ1v) is 13.0. The van der Waals surface area contributed by atoms with E-state index >= 15 is 0 Å². The van der Waals surface area contributed by atoms with Crippen LogP contribution < -0.4 is 5.32 Å². The molecule has 0 unspecified atom stereocenters. The zero-order valence-electron chi connectivity index (χ0n) is 18.9. The molecule has 0 fully saturated rings. The first kappa shape index (κ1) is 24.0. The summed E-state index contributed by atoms with van der Waals surface area (Å²) in [5.41, 5.74) is 1.18. The summed E-state index contributed by atoms with van der Waals surface area (Å²) in [7, 11) is -2.07. The number of nitrogens with one attached hydrogen (secondary N) is 1. The van der Waals surface area contributed by atoms with E-state index < -0.39 is 21.7 Å². The number of carbonyl (C=O) groups is 1. The largest absolute Gasteiger partial charge is 0.306 e. The Morgan fingerprint density at radius 1 is 1.21 bits per heavy atom. The number of aromatic nitrogens is 3. The van der Waals surface area contributed by atoms with E-state index in [1.807, 2.05) is 6.92 Å². The van der Waals surface area contributed by atoms with Crippen LogP contribution in [0.25, 0.3) is 15.3 Å². The maximum absolute atomic E-state index is 14.1. The molecule has 0 saturated carbocycles. The number of halogens is 1. The molecule has 0 radical (unpaired) electrons. The summed E-state index contributed by atoms with van der Waals surface area (Å²) in [5.74, 6) is -0.487. The molecule has 0 atom stereocenters. The van der Waals surface area contributed by atoms with Crippen molar-refractivity contribution in [2.45, 2.75) is 31.6 Å². The van der Waals surface area contributed by atoms with Crippen molar-refractivity contribution in [3.8, 4) is 5.13 Å². The zero-order valence-corrected chi connectivity index (χ0v) is 20.6. The van der Waals surface area contributed by atoms with E-state index in [0.717, 1.165) is 12.8 Å². The number of carbonyl (C=O) groups excluding carboxylic acids is 1. The molecular formula is C23H24FN5O3S2. The van der Waals surface area contributed by atoms with Gasteiger partial charge in [0.15, 0.2) is 0 Å². The van der Waals surface area contributed by atoms with Crippen molar-refractivity contribution in [2.75, 3.05) is 18.9 Å². The molecule has 2 aromatic heterocycles. The topological polar surface area (TPSA) is 97.2 Å². The quantitative estimate of drug-likeness (QED) is 0.381. The van der Waals surface area contributed by atoms with E-state index in [1.165, 1.54) is 50.7 Å². The van der Waals surface area contributed by atoms with Gasteiger partial charge < -0.3 is 5.32 Å². The molecule has 0 bridgehead atoms. The number of hydrogen-bond acceptors (Lipinski definition) is 6. The number of anilines is 1. The van der Waals surface area contributed by atoms with Crippen molar-refractivity contribution in [1.82, 2.24) is 19.1 Å². The van der Waals surface area contributed by atoms with Crippen LogP contribution in [0.5, 0.6) is 0 Å². The summed E-state index contributed by atoms with van der Waals surface area (Å²) in [6.45, 7) is 4.20. The second-order valence-corrected chi connectivity index (χ2v) is 10.9. The average molecular weight is 502 g/mol. The number of para-hydroxylation sites is 1. The minimum Gasteiger partial charge on any atom is -0.306 e. The van der Waals surface area contributed by atoms with Crippen LogP contribution in [0.3, 0.4) is 0 Å². The Morgan fingerprint density at radius 3 is 2.62 bits per heavy atom. The van der Waals surface area contributed by atoms with Gasteiger partial charge in [-0.3, -0.25) is 4.79 Å². The Balaban J connectivity index is 1.56. The molecule has 0 saturated heterocycles. The summed E-state index contributed by atoms with van der Waals surface area (Å²) in [4.78, 5) is 17.3. The van der Waals surface area contributed by atoms with Crippen LogP contribution in [-0.4, -0.2) is 47.0 Å². The molecule has 8 nitrogen and oxygen atoms in total. The fourth-order valence-electron chi connectivity index (χ4n) is 3.38. The lowest BCUT2D eigenvalue weighted by atomic mass is 10.2. The number of sulfonamides is 1. The van der Waals surface area contributed by atoms with Crippen LogP contribution in [-0.2, 0) is 10.0 Å². The molecular weight excluding hydrogens is 477 g/mol. The van der Waals surface area contributed by atoms with E-state index in [4.69, 9.17) is 0 Å². The molecule has 1 amide bonds. The van der Waals surface area contributed by atoms with Crippen LogP contribution in [0, 0.1) is 12.7 Å². The molecule has 178 valence electrons. The SMILES string of the molecule is CCCCN(C)S(=O)(=O)c1ccc(C(=O)Nc2cc(C)nn2-c2nc3c(F)cccc3s2)cc1. The number of aryl methyl sites for hydroxylation is 1. The molecule has 34 heavy (non-hydrogen) atoms. The Bertz CT molecular complexity index is 1450. The van der Waals surface area contributed by atoms with Gasteiger partial charge in [-0.05, 0) is 49.7 Å². The predicted molar refractivity (Wildman–Crippen MR) is 131 cm³/mol. The lowest BCUT2D eigenvalue weighted by molar-refractivity contribution is 0.102. The smallest absolute Gasteiger partial charge is 0.256 e. The van der Waals surface area contributed by atoms with Crippen molar-refractivity contribution in [1.29, 1.82) is 0 Å². The van der Waals surface area contributed by atoms with E-state index in [2.05, 4.69) is 15.4 Å². The molecule has 0 aliphatic rings. The van der Waals surface area contributed by atoms with Crippen molar-refractivity contribution >= 4 is 43.3 Å². The minimum atomic E-state index is -3.62. The first-order chi connectivity index (χ1) is 16.2. The number of rotatable bonds is 8. The molecule has 4 aromatic rings. The third-order valence-electron chi connectivity index (χ3n) is 5.26. The summed E-state index contributed by atoms with van der Waals surface area (Å²) in [6, 6.07) is 12.2. The Morgan fingerprint density at radius 2 is 1.94 bits per heavy atom. The summed E-state index contributed by atoms with van der Waals surface area (Å²) in [6.07, 6.45) is 1.66. The highest BCUT2D eigenvalue weighted by atomic mass is 32.2. The van der Waals surface area contributed by atoms with E-state index in [1.54, 1.807) is 32.2 Å². The molecule has 2 aromatic carbocycles. The predicted octanol–water partition coefficient (Wildman–Crippen LogP) is 4.60. The van der Waals surface area contributed by atoms with Gasteiger partial charge >= 0.3 is 0 Å². The van der Waals surface area contributed by atoms with Crippen LogP contribution in [0.2, 0.25) is 0 Å². The average Bonchev–Trinajstić information content (AvgIpc) is 3.41. The van der Waals surface area contributed by atoms with Gasteiger partial charge in [-0.25, -0.2) is 22.1 Å². The molecule has 11 heteroatoms. The Labute approximate surface area is 201 Å². The number of nitrogens with zero attached hydrogens (tertiary/aromatic N) is 4. The summed E-state index contributed by atoms with van der Waals surface area (Å²) >= 11 is 1.25. The third kappa shape index (κ3) is 4.72. The van der Waals surface area contributed by atoms with Gasteiger partial charge in [-0.2, -0.15) is 9.78 Å². The van der Waals surface area contributed by atoms with E-state index in [9.17, 15) is 17.6 Å². The monoisotopic (exact) mass is 501 g/mol. The van der Waals surface area contributed by atoms with Crippen LogP contribution in [0.15, 0.2) is 53.4 Å². The highest BCUT2D eigenvalue weighted by molar-refractivity contribution is 7.89. The van der Waals surface area contributed by atoms with Crippen LogP contribution >= 0.6 is 11.3 Å². The maximum Gasteiger partial charge on any atom is 0.256 e. The van der Waals surface area contributed by atoms with Gasteiger partial charge in [0.1, 0.15) is 17.2 Å². The maximum atomic E-state index is 14.1. The molecule has 0 aliphatic carbocycles. The van der Waals surface area contributed by atoms with Gasteiger partial charge in [0.25, 0.3) is 5.91 Å². The lowest BCUT2D eigenvalue weighted by Gasteiger charge is -2.17. The molecule has 1 N–H and O–H groups in total. The fraction of sp³-hybridized carbons (Fsp3) is 0.261. The normalized spacial score (nSPS) is 11.9. The number of thiazole rings is 1. The van der Waals surface area contributed by atoms with Crippen molar-refractivity contribution in [2.24, 2.45) is 0 Å². The van der Waals surface area contributed by atoms with Gasteiger partial charge in [0.05, 0.1) is 15.3 Å². The highest BCUT2D eigenvalue weighted by Gasteiger charge is 2.21. The fourth-order valence-corrected chi connectivity index (χ4v) is 5.53. The second-order valence-electron chi connectivity index (χ2n) is 7.82. The van der Waals surface area contributed by atoms with Crippen LogP contribution in [0.4, 0.5) is 10.2 Å². The highest BCUT2D eigenvalue weighted by Crippen LogP contribution is 2.29. The van der Waals surface area contributed by atoms with Crippen molar-refractivity contribution in [3.63, 3.8) is 0 Å². The first-order valence-electron chi connectivity index (χ1n) is 10.7. The molecule has 0 spiro atoms. The van der Waals surface area contributed by atoms with Crippen LogP contribution in [0.1, 0.15) is 35.8 Å². The van der Waals surface area contributed by atoms with E-state index in [-0.39, 0.29) is 16.0 Å². The number of hydrogen-bond donors (Lipinski definition) is 1. The summed E-state index contributed by atoms with van der Waals surface area (Å²) < 4.78 is 42.9. The minimum absolute atomic E-state index is 0.125. The number of benzene rings is 2. The number of fused-ring (bicyclic) bond motifs is 1. The van der Waals surface area contributed by atoms with Crippen molar-refractivity contribution < 1.29 is 17.6 Å². The third-order valence-corrected chi connectivity index (χ3v) is 8.13. The zero-order chi connectivity index (χ0) is 24.5. The van der Waals surface area contributed by atoms with Crippen molar-refractivity contribution in [3.05, 3.63) is 65.6 Å². The lowest BCUT2D eigenvalue weighted by Crippen LogP contribution is -2.28. The molecule has 4 rings (SSSR count). The van der Waals surface area contributed by atoms with Gasteiger partial charge in [0, 0.05) is 25.2 Å². The Hall–Kier alpha value is -3.15. The van der Waals surface area contributed by atoms with Gasteiger partial charge in [-0.1, -0.05) is 30.7 Å². The van der Waals surface area contributed by atoms with Gasteiger partial charge in [-0.15, -0.1) is 0 Å².